The molecule has 0 spiro atoms. The van der Waals surface area contributed by atoms with Crippen molar-refractivity contribution in [2.75, 3.05) is 6.61 Å². The van der Waals surface area contributed by atoms with Gasteiger partial charge in [-0.2, -0.15) is 11.0 Å². The number of rotatable bonds is 4. The zero-order valence-electron chi connectivity index (χ0n) is 14.4. The molecule has 2 aliphatic carbocycles. The number of nitrogens with one attached hydrogen (secondary N) is 4. The average molecular weight is 338 g/mol. The standard InChI is InChI=1S/C17H30N4O3/c1-2-15-19-16(21-24-15)11-3-5-12-10(9-11)4-6-13(12)18-17(22)14-7-8-23-20-14/h10-16,19-21H,2-9H2,1H3,(H,18,22)/t10?,11?,12?,13-,14?,15?,16?/m1/s1. The molecule has 4 aliphatic rings. The van der Waals surface area contributed by atoms with Crippen LogP contribution < -0.4 is 21.6 Å². The lowest BCUT2D eigenvalue weighted by atomic mass is 9.73. The van der Waals surface area contributed by atoms with Crippen LogP contribution >= 0.6 is 0 Å². The molecule has 0 bridgehead atoms. The molecule has 24 heavy (non-hydrogen) atoms. The van der Waals surface area contributed by atoms with Crippen LogP contribution in [0.15, 0.2) is 0 Å². The number of carbonyl (C=O) groups is 1. The molecule has 4 N–H and O–H groups in total. The Morgan fingerprint density at radius 3 is 2.75 bits per heavy atom. The summed E-state index contributed by atoms with van der Waals surface area (Å²) in [6, 6.07) is 0.172. The molecule has 2 saturated heterocycles. The molecule has 7 nitrogen and oxygen atoms in total. The van der Waals surface area contributed by atoms with Gasteiger partial charge in [-0.25, -0.2) is 0 Å². The maximum atomic E-state index is 12.3. The van der Waals surface area contributed by atoms with Gasteiger partial charge in [-0.15, -0.1) is 0 Å². The minimum Gasteiger partial charge on any atom is -0.352 e. The van der Waals surface area contributed by atoms with Gasteiger partial charge in [-0.3, -0.25) is 14.9 Å². The molecule has 2 aliphatic heterocycles. The third kappa shape index (κ3) is 3.32. The third-order valence-electron chi connectivity index (χ3n) is 6.37. The van der Waals surface area contributed by atoms with Gasteiger partial charge < -0.3 is 10.2 Å². The monoisotopic (exact) mass is 338 g/mol. The van der Waals surface area contributed by atoms with Crippen molar-refractivity contribution in [1.29, 1.82) is 0 Å². The van der Waals surface area contributed by atoms with Crippen LogP contribution in [0, 0.1) is 17.8 Å². The number of hydrogen-bond donors (Lipinski definition) is 4. The van der Waals surface area contributed by atoms with Gasteiger partial charge >= 0.3 is 0 Å². The number of fused-ring (bicyclic) bond motifs is 1. The van der Waals surface area contributed by atoms with Crippen LogP contribution in [-0.2, 0) is 14.5 Å². The van der Waals surface area contributed by atoms with Crippen LogP contribution in [0.1, 0.15) is 51.9 Å². The van der Waals surface area contributed by atoms with Crippen molar-refractivity contribution in [2.45, 2.75) is 76.3 Å². The molecule has 0 aromatic rings. The molecule has 136 valence electrons. The Kier molecular flexibility index (Phi) is 5.05. The van der Waals surface area contributed by atoms with Crippen molar-refractivity contribution >= 4 is 5.91 Å². The van der Waals surface area contributed by atoms with E-state index in [0.29, 0.717) is 24.5 Å². The minimum atomic E-state index is -0.171. The van der Waals surface area contributed by atoms with Gasteiger partial charge in [-0.05, 0) is 62.7 Å². The molecular formula is C17H30N4O3. The van der Waals surface area contributed by atoms with Gasteiger partial charge in [0.2, 0.25) is 5.91 Å². The van der Waals surface area contributed by atoms with E-state index in [2.05, 4.69) is 28.5 Å². The normalized spacial score (nSPS) is 45.3. The Hall–Kier alpha value is -0.730. The van der Waals surface area contributed by atoms with E-state index in [4.69, 9.17) is 9.68 Å². The Morgan fingerprint density at radius 1 is 1.12 bits per heavy atom. The molecule has 0 radical (unpaired) electrons. The first-order valence-electron chi connectivity index (χ1n) is 9.59. The van der Waals surface area contributed by atoms with Crippen LogP contribution in [-0.4, -0.2) is 37.0 Å². The minimum absolute atomic E-state index is 0.110. The van der Waals surface area contributed by atoms with E-state index in [1.807, 2.05) is 0 Å². The Bertz CT molecular complexity index is 457. The van der Waals surface area contributed by atoms with Crippen LogP contribution in [0.3, 0.4) is 0 Å². The Morgan fingerprint density at radius 2 is 2.00 bits per heavy atom. The second kappa shape index (κ2) is 7.25. The van der Waals surface area contributed by atoms with E-state index in [9.17, 15) is 4.79 Å². The number of hydrogen-bond acceptors (Lipinski definition) is 6. The third-order valence-corrected chi connectivity index (χ3v) is 6.37. The molecule has 2 heterocycles. The highest BCUT2D eigenvalue weighted by Gasteiger charge is 2.44. The highest BCUT2D eigenvalue weighted by Crippen LogP contribution is 2.45. The molecule has 0 aromatic heterocycles. The molecule has 2 saturated carbocycles. The van der Waals surface area contributed by atoms with Gasteiger partial charge in [-0.1, -0.05) is 6.92 Å². The second-order valence-electron chi connectivity index (χ2n) is 7.77. The van der Waals surface area contributed by atoms with Gasteiger partial charge in [0.05, 0.1) is 12.8 Å². The van der Waals surface area contributed by atoms with Crippen molar-refractivity contribution < 1.29 is 14.5 Å². The Balaban J connectivity index is 1.29. The topological polar surface area (TPSA) is 83.7 Å². The zero-order valence-corrected chi connectivity index (χ0v) is 14.4. The zero-order chi connectivity index (χ0) is 16.5. The molecule has 6 unspecified atom stereocenters. The summed E-state index contributed by atoms with van der Waals surface area (Å²) in [7, 11) is 0. The smallest absolute Gasteiger partial charge is 0.239 e. The summed E-state index contributed by atoms with van der Waals surface area (Å²) < 4.78 is 0. The van der Waals surface area contributed by atoms with Gasteiger partial charge in [0.1, 0.15) is 12.3 Å². The van der Waals surface area contributed by atoms with E-state index >= 15 is 0 Å². The van der Waals surface area contributed by atoms with E-state index in [1.165, 1.54) is 25.7 Å². The fourth-order valence-corrected chi connectivity index (χ4v) is 5.00. The maximum Gasteiger partial charge on any atom is 0.239 e. The van der Waals surface area contributed by atoms with Crippen LogP contribution in [0.2, 0.25) is 0 Å². The van der Waals surface area contributed by atoms with E-state index in [1.54, 1.807) is 0 Å². The summed E-state index contributed by atoms with van der Waals surface area (Å²) in [6.45, 7) is 2.76. The summed E-state index contributed by atoms with van der Waals surface area (Å²) in [6.07, 6.45) is 8.14. The van der Waals surface area contributed by atoms with Crippen LogP contribution in [0.4, 0.5) is 0 Å². The quantitative estimate of drug-likeness (QED) is 0.606. The second-order valence-corrected chi connectivity index (χ2v) is 7.77. The number of amides is 1. The molecule has 7 heteroatoms. The summed E-state index contributed by atoms with van der Waals surface area (Å²) in [5.74, 6) is 2.10. The Labute approximate surface area is 143 Å². The van der Waals surface area contributed by atoms with Crippen molar-refractivity contribution in [2.24, 2.45) is 17.8 Å². The highest BCUT2D eigenvalue weighted by atomic mass is 16.7. The number of hydroxylamine groups is 2. The lowest BCUT2D eigenvalue weighted by Crippen LogP contribution is -2.48. The van der Waals surface area contributed by atoms with Crippen molar-refractivity contribution in [3.8, 4) is 0 Å². The number of carbonyl (C=O) groups excluding carboxylic acids is 1. The SMILES string of the molecule is CCC1NC(C2CCC3C(CC[C@H]3NC(=O)C3CCON3)C2)NO1. The lowest BCUT2D eigenvalue weighted by molar-refractivity contribution is -0.125. The van der Waals surface area contributed by atoms with Crippen molar-refractivity contribution in [3.05, 3.63) is 0 Å². The fourth-order valence-electron chi connectivity index (χ4n) is 5.00. The maximum absolute atomic E-state index is 12.3. The van der Waals surface area contributed by atoms with Gasteiger partial charge in [0.25, 0.3) is 0 Å². The van der Waals surface area contributed by atoms with Crippen molar-refractivity contribution in [1.82, 2.24) is 21.6 Å². The van der Waals surface area contributed by atoms with E-state index < -0.39 is 0 Å². The largest absolute Gasteiger partial charge is 0.352 e. The first-order valence-corrected chi connectivity index (χ1v) is 9.59. The summed E-state index contributed by atoms with van der Waals surface area (Å²) >= 11 is 0. The molecule has 7 atom stereocenters. The van der Waals surface area contributed by atoms with Crippen LogP contribution in [0.5, 0.6) is 0 Å². The van der Waals surface area contributed by atoms with Crippen LogP contribution in [0.25, 0.3) is 0 Å². The predicted octanol–water partition coefficient (Wildman–Crippen LogP) is 0.778. The van der Waals surface area contributed by atoms with Gasteiger partial charge in [0, 0.05) is 6.04 Å². The van der Waals surface area contributed by atoms with Crippen molar-refractivity contribution in [3.63, 3.8) is 0 Å². The molecule has 4 fully saturated rings. The molecule has 0 aromatic carbocycles. The summed E-state index contributed by atoms with van der Waals surface area (Å²) in [5.41, 5.74) is 6.00. The van der Waals surface area contributed by atoms with E-state index in [-0.39, 0.29) is 24.3 Å². The predicted molar refractivity (Wildman–Crippen MR) is 88.2 cm³/mol. The van der Waals surface area contributed by atoms with E-state index in [0.717, 1.165) is 25.2 Å². The molecular weight excluding hydrogens is 308 g/mol. The first kappa shape index (κ1) is 16.7. The van der Waals surface area contributed by atoms with Gasteiger partial charge in [0.15, 0.2) is 0 Å². The summed E-state index contributed by atoms with van der Waals surface area (Å²) in [4.78, 5) is 23.0. The molecule has 4 rings (SSSR count). The first-order chi connectivity index (χ1) is 11.7. The lowest BCUT2D eigenvalue weighted by Gasteiger charge is -2.36. The summed E-state index contributed by atoms with van der Waals surface area (Å²) in [5, 5.41) is 6.83. The average Bonchev–Trinajstić information content (AvgIpc) is 3.35. The fraction of sp³-hybridized carbons (Fsp3) is 0.941. The highest BCUT2D eigenvalue weighted by molar-refractivity contribution is 5.82. The molecule has 1 amide bonds.